The summed E-state index contributed by atoms with van der Waals surface area (Å²) < 4.78 is 0. The first-order valence-corrected chi connectivity index (χ1v) is 10.9. The summed E-state index contributed by atoms with van der Waals surface area (Å²) in [6, 6.07) is 0.0688. The van der Waals surface area contributed by atoms with Crippen molar-refractivity contribution in [3.8, 4) is 11.8 Å². The van der Waals surface area contributed by atoms with E-state index in [1.165, 1.54) is 64.2 Å². The Morgan fingerprint density at radius 1 is 0.885 bits per heavy atom. The molecule has 0 aromatic carbocycles. The minimum atomic E-state index is 0.0688. The standard InChI is InChI=1S/C25H29N/c26-16-13-14-20-19-9-3-6-12-23(19)25(24(20)15-16)21-10-4-1-7-17(21)18-8-2-5-11-22(18)25/h6,12,16,20,24H,1-5,7-11,15,26H2. The first-order chi connectivity index (χ1) is 12.8. The molecule has 6 rings (SSSR count). The van der Waals surface area contributed by atoms with Gasteiger partial charge in [0.15, 0.2) is 0 Å². The zero-order valence-electron chi connectivity index (χ0n) is 15.7. The minimum absolute atomic E-state index is 0.0688. The first kappa shape index (κ1) is 15.5. The zero-order valence-corrected chi connectivity index (χ0v) is 15.7. The van der Waals surface area contributed by atoms with E-state index in [0.29, 0.717) is 11.8 Å². The highest BCUT2D eigenvalue weighted by molar-refractivity contribution is 5.67. The largest absolute Gasteiger partial charge is 0.318 e. The number of hydrogen-bond donors (Lipinski definition) is 1. The summed E-state index contributed by atoms with van der Waals surface area (Å²) in [6.45, 7) is 0. The van der Waals surface area contributed by atoms with Gasteiger partial charge in [-0.1, -0.05) is 40.7 Å². The van der Waals surface area contributed by atoms with Gasteiger partial charge in [-0.15, -0.1) is 0 Å². The second-order valence-corrected chi connectivity index (χ2v) is 9.23. The average Bonchev–Trinajstić information content (AvgIpc) is 3.15. The third-order valence-electron chi connectivity index (χ3n) is 8.15. The molecule has 0 aromatic heterocycles. The molecule has 1 nitrogen and oxygen atoms in total. The van der Waals surface area contributed by atoms with Crippen LogP contribution in [0.5, 0.6) is 0 Å². The molecule has 1 spiro atoms. The Morgan fingerprint density at radius 2 is 1.58 bits per heavy atom. The normalized spacial score (nSPS) is 36.6. The Hall–Kier alpha value is -1.52. The SMILES string of the molecule is NC1C#CC2C3=C(C=CCC3)C3(C4=C(CCCC4)C4=C3CCCC4)C2C1. The zero-order chi connectivity index (χ0) is 17.3. The highest BCUT2D eigenvalue weighted by Gasteiger charge is 2.60. The summed E-state index contributed by atoms with van der Waals surface area (Å²) in [6.07, 6.45) is 19.3. The molecule has 0 saturated carbocycles. The quantitative estimate of drug-likeness (QED) is 0.589. The lowest BCUT2D eigenvalue weighted by Crippen LogP contribution is -2.40. The number of nitrogens with two attached hydrogens (primary N) is 1. The van der Waals surface area contributed by atoms with E-state index in [2.05, 4.69) is 24.0 Å². The van der Waals surface area contributed by atoms with Gasteiger partial charge in [0.1, 0.15) is 0 Å². The summed E-state index contributed by atoms with van der Waals surface area (Å²) in [7, 11) is 0. The van der Waals surface area contributed by atoms with Crippen molar-refractivity contribution in [3.63, 3.8) is 0 Å². The third-order valence-corrected chi connectivity index (χ3v) is 8.15. The molecule has 0 amide bonds. The lowest BCUT2D eigenvalue weighted by molar-refractivity contribution is 0.261. The van der Waals surface area contributed by atoms with E-state index in [0.717, 1.165) is 6.42 Å². The van der Waals surface area contributed by atoms with Gasteiger partial charge in [0, 0.05) is 11.3 Å². The molecular formula is C25H29N. The molecule has 6 aliphatic carbocycles. The fourth-order valence-electron chi connectivity index (χ4n) is 7.41. The van der Waals surface area contributed by atoms with E-state index in [-0.39, 0.29) is 11.5 Å². The van der Waals surface area contributed by atoms with E-state index < -0.39 is 0 Å². The molecule has 3 atom stereocenters. The van der Waals surface area contributed by atoms with Crippen LogP contribution < -0.4 is 5.73 Å². The fourth-order valence-corrected chi connectivity index (χ4v) is 7.41. The maximum absolute atomic E-state index is 6.42. The van der Waals surface area contributed by atoms with Crippen molar-refractivity contribution >= 4 is 0 Å². The maximum atomic E-state index is 6.42. The molecular weight excluding hydrogens is 314 g/mol. The molecule has 0 radical (unpaired) electrons. The van der Waals surface area contributed by atoms with Crippen molar-refractivity contribution in [2.75, 3.05) is 0 Å². The van der Waals surface area contributed by atoms with E-state index in [1.54, 1.807) is 22.3 Å². The lowest BCUT2D eigenvalue weighted by Gasteiger charge is -2.44. The monoisotopic (exact) mass is 343 g/mol. The van der Waals surface area contributed by atoms with Gasteiger partial charge in [0.2, 0.25) is 0 Å². The van der Waals surface area contributed by atoms with Crippen LogP contribution in [0.3, 0.4) is 0 Å². The predicted octanol–water partition coefficient (Wildman–Crippen LogP) is 5.35. The van der Waals surface area contributed by atoms with Crippen LogP contribution in [-0.2, 0) is 0 Å². The van der Waals surface area contributed by atoms with E-state index in [4.69, 9.17) is 5.73 Å². The molecule has 0 heterocycles. The molecule has 3 unspecified atom stereocenters. The summed E-state index contributed by atoms with van der Waals surface area (Å²) in [5, 5.41) is 0. The highest BCUT2D eigenvalue weighted by atomic mass is 14.7. The second-order valence-electron chi connectivity index (χ2n) is 9.23. The molecule has 0 bridgehead atoms. The Labute approximate surface area is 157 Å². The molecule has 0 saturated heterocycles. The number of fused-ring (bicyclic) bond motifs is 7. The minimum Gasteiger partial charge on any atom is -0.318 e. The molecule has 0 aromatic rings. The summed E-state index contributed by atoms with van der Waals surface area (Å²) in [4.78, 5) is 0. The summed E-state index contributed by atoms with van der Waals surface area (Å²) in [5.74, 6) is 8.12. The van der Waals surface area contributed by atoms with Gasteiger partial charge >= 0.3 is 0 Å². The Kier molecular flexibility index (Phi) is 3.28. The van der Waals surface area contributed by atoms with E-state index in [9.17, 15) is 0 Å². The molecule has 134 valence electrons. The smallest absolute Gasteiger partial charge is 0.0668 e. The van der Waals surface area contributed by atoms with E-state index >= 15 is 0 Å². The van der Waals surface area contributed by atoms with Crippen LogP contribution in [0.4, 0.5) is 0 Å². The Morgan fingerprint density at radius 3 is 2.31 bits per heavy atom. The van der Waals surface area contributed by atoms with Crippen molar-refractivity contribution in [2.24, 2.45) is 23.0 Å². The van der Waals surface area contributed by atoms with Crippen molar-refractivity contribution in [2.45, 2.75) is 76.7 Å². The first-order valence-electron chi connectivity index (χ1n) is 10.9. The Bertz CT molecular complexity index is 834. The number of hydrogen-bond acceptors (Lipinski definition) is 1. The summed E-state index contributed by atoms with van der Waals surface area (Å²) >= 11 is 0. The third kappa shape index (κ3) is 1.77. The molecule has 26 heavy (non-hydrogen) atoms. The molecule has 0 aliphatic heterocycles. The molecule has 1 heteroatoms. The van der Waals surface area contributed by atoms with Crippen LogP contribution in [0.1, 0.15) is 70.6 Å². The van der Waals surface area contributed by atoms with Gasteiger partial charge in [0.25, 0.3) is 0 Å². The molecule has 6 aliphatic rings. The summed E-state index contributed by atoms with van der Waals surface area (Å²) in [5.41, 5.74) is 17.3. The highest BCUT2D eigenvalue weighted by Crippen LogP contribution is 2.70. The van der Waals surface area contributed by atoms with Crippen molar-refractivity contribution in [3.05, 3.63) is 45.6 Å². The molecule has 2 N–H and O–H groups in total. The van der Waals surface area contributed by atoms with Gasteiger partial charge in [-0.3, -0.25) is 0 Å². The Balaban J connectivity index is 1.65. The van der Waals surface area contributed by atoms with Crippen LogP contribution in [-0.4, -0.2) is 6.04 Å². The van der Waals surface area contributed by atoms with Crippen molar-refractivity contribution < 1.29 is 0 Å². The average molecular weight is 344 g/mol. The van der Waals surface area contributed by atoms with Crippen LogP contribution in [0, 0.1) is 29.1 Å². The number of allylic oxidation sites excluding steroid dienone is 8. The van der Waals surface area contributed by atoms with Gasteiger partial charge in [-0.05, 0) is 93.3 Å². The van der Waals surface area contributed by atoms with Crippen LogP contribution in [0.25, 0.3) is 0 Å². The van der Waals surface area contributed by atoms with E-state index in [1.807, 2.05) is 11.1 Å². The van der Waals surface area contributed by atoms with Crippen molar-refractivity contribution in [1.29, 1.82) is 0 Å². The predicted molar refractivity (Wildman–Crippen MR) is 106 cm³/mol. The fraction of sp³-hybridized carbons (Fsp3) is 0.600. The topological polar surface area (TPSA) is 26.0 Å². The maximum Gasteiger partial charge on any atom is 0.0668 e. The second kappa shape index (κ2) is 5.49. The lowest BCUT2D eigenvalue weighted by atomic mass is 9.59. The van der Waals surface area contributed by atoms with Crippen LogP contribution in [0.15, 0.2) is 45.6 Å². The van der Waals surface area contributed by atoms with Crippen LogP contribution >= 0.6 is 0 Å². The van der Waals surface area contributed by atoms with Crippen molar-refractivity contribution in [1.82, 2.24) is 0 Å². The van der Waals surface area contributed by atoms with Gasteiger partial charge in [0.05, 0.1) is 6.04 Å². The van der Waals surface area contributed by atoms with Gasteiger partial charge < -0.3 is 5.73 Å². The van der Waals surface area contributed by atoms with Gasteiger partial charge in [-0.25, -0.2) is 0 Å². The van der Waals surface area contributed by atoms with Gasteiger partial charge in [-0.2, -0.15) is 0 Å². The number of rotatable bonds is 0. The van der Waals surface area contributed by atoms with Crippen LogP contribution in [0.2, 0.25) is 0 Å². The molecule has 0 fully saturated rings.